The molecule has 0 aromatic rings. The molecule has 0 saturated carbocycles. The minimum atomic E-state index is 0.827. The van der Waals surface area contributed by atoms with Crippen molar-refractivity contribution in [1.82, 2.24) is 15.0 Å². The van der Waals surface area contributed by atoms with Crippen molar-refractivity contribution in [3.8, 4) is 0 Å². The van der Waals surface area contributed by atoms with Crippen LogP contribution in [0.25, 0.3) is 0 Å². The largest absolute Gasteiger partial charge is 0.379 e. The van der Waals surface area contributed by atoms with E-state index in [0.717, 1.165) is 6.54 Å². The molecule has 2 N–H and O–H groups in total. The highest BCUT2D eigenvalue weighted by Gasteiger charge is 2.11. The summed E-state index contributed by atoms with van der Waals surface area (Å²) in [6.07, 6.45) is 1.84. The second-order valence-electron chi connectivity index (χ2n) is 1.72. The maximum Gasteiger partial charge on any atom is 0.287 e. The lowest BCUT2D eigenvalue weighted by atomic mass is 9.81. The number of hydrogen-bond donors (Lipinski definition) is 2. The minimum Gasteiger partial charge on any atom is -0.379 e. The van der Waals surface area contributed by atoms with Crippen molar-refractivity contribution in [3.63, 3.8) is 0 Å². The van der Waals surface area contributed by atoms with Crippen LogP contribution in [0.5, 0.6) is 0 Å². The van der Waals surface area contributed by atoms with Crippen LogP contribution in [0.1, 0.15) is 0 Å². The Morgan fingerprint density at radius 2 is 2.11 bits per heavy atom. The zero-order chi connectivity index (χ0) is 6.53. The molecule has 0 atom stereocenters. The summed E-state index contributed by atoms with van der Waals surface area (Å²) in [6.45, 7) is 4.43. The predicted octanol–water partition coefficient (Wildman–Crippen LogP) is -1.73. The Balaban J connectivity index is 2.15. The molecule has 1 rings (SSSR count). The molecule has 0 amide bonds. The molecule has 0 aliphatic carbocycles. The third-order valence-electron chi connectivity index (χ3n) is 0.987. The van der Waals surface area contributed by atoms with E-state index in [4.69, 9.17) is 0 Å². The first-order chi connectivity index (χ1) is 4.43. The topological polar surface area (TPSA) is 27.3 Å². The third kappa shape index (κ3) is 2.26. The molecule has 0 spiro atoms. The van der Waals surface area contributed by atoms with Gasteiger partial charge in [-0.05, 0) is 6.54 Å². The monoisotopic (exact) mass is 118 g/mol. The van der Waals surface area contributed by atoms with Gasteiger partial charge in [0.25, 0.3) is 22.6 Å². The maximum absolute atomic E-state index is 3.61. The summed E-state index contributed by atoms with van der Waals surface area (Å²) < 4.78 is 1.95. The van der Waals surface area contributed by atoms with Gasteiger partial charge in [-0.3, -0.25) is 0 Å². The van der Waals surface area contributed by atoms with E-state index in [-0.39, 0.29) is 0 Å². The second-order valence-corrected chi connectivity index (χ2v) is 1.72. The van der Waals surface area contributed by atoms with E-state index in [1.165, 1.54) is 0 Å². The summed E-state index contributed by atoms with van der Waals surface area (Å²) in [4.78, 5) is 0. The first-order valence-electron chi connectivity index (χ1n) is 2.80. The van der Waals surface area contributed by atoms with Gasteiger partial charge in [0.2, 0.25) is 0 Å². The normalized spacial score (nSPS) is 19.1. The minimum absolute atomic E-state index is 0.827. The summed E-state index contributed by atoms with van der Waals surface area (Å²) in [5.41, 5.74) is 0. The molecule has 0 aromatic carbocycles. The molecule has 1 heterocycles. The highest BCUT2D eigenvalue weighted by atomic mass is 15.1. The molecule has 9 heavy (non-hydrogen) atoms. The molecule has 1 aliphatic rings. The average molecular weight is 118 g/mol. The first kappa shape index (κ1) is 6.93. The van der Waals surface area contributed by atoms with Crippen LogP contribution in [0.3, 0.4) is 0 Å². The lowest BCUT2D eigenvalue weighted by Gasteiger charge is -2.23. The van der Waals surface area contributed by atoms with Crippen molar-refractivity contribution in [2.45, 2.75) is 0 Å². The number of hydrogen-bond acceptors (Lipinski definition) is 3. The van der Waals surface area contributed by atoms with Gasteiger partial charge in [-0.25, -0.2) is 0 Å². The van der Waals surface area contributed by atoms with Gasteiger partial charge in [0.1, 0.15) is 0 Å². The lowest BCUT2D eigenvalue weighted by molar-refractivity contribution is 0.735. The van der Waals surface area contributed by atoms with Gasteiger partial charge in [0.15, 0.2) is 0 Å². The van der Waals surface area contributed by atoms with Gasteiger partial charge in [-0.2, -0.15) is 0 Å². The lowest BCUT2D eigenvalue weighted by Crippen LogP contribution is -2.57. The fraction of sp³-hybridized carbons (Fsp3) is 0.333. The van der Waals surface area contributed by atoms with E-state index in [0.29, 0.717) is 0 Å². The van der Waals surface area contributed by atoms with Crippen LogP contribution in [-0.4, -0.2) is 33.9 Å². The molecular formula is C3H7B3N3. The molecule has 1 saturated heterocycles. The Bertz CT molecular complexity index is 92.3. The smallest absolute Gasteiger partial charge is 0.287 e. The zero-order valence-corrected chi connectivity index (χ0v) is 5.17. The number of nitrogens with zero attached hydrogens (tertiary/aromatic N) is 1. The van der Waals surface area contributed by atoms with Gasteiger partial charge < -0.3 is 15.0 Å². The predicted molar refractivity (Wildman–Crippen MR) is 40.4 cm³/mol. The average Bonchev–Trinajstić information content (AvgIpc) is 1.91. The van der Waals surface area contributed by atoms with Crippen LogP contribution in [0.4, 0.5) is 0 Å². The van der Waals surface area contributed by atoms with Crippen molar-refractivity contribution in [2.75, 3.05) is 6.54 Å². The van der Waals surface area contributed by atoms with Gasteiger partial charge in [-0.15, -0.1) is 6.58 Å². The molecule has 3 radical (unpaired) electrons. The fourth-order valence-electron chi connectivity index (χ4n) is 0.606. The van der Waals surface area contributed by atoms with Crippen LogP contribution in [0.15, 0.2) is 12.7 Å². The SMILES string of the molecule is C=CCN1[B]N[B]N[B]1. The first-order valence-corrected chi connectivity index (χ1v) is 2.80. The quantitative estimate of drug-likeness (QED) is 0.333. The van der Waals surface area contributed by atoms with E-state index in [1.807, 2.05) is 25.9 Å². The van der Waals surface area contributed by atoms with Crippen LogP contribution in [0, 0.1) is 0 Å². The summed E-state index contributed by atoms with van der Waals surface area (Å²) in [7, 11) is 5.47. The van der Waals surface area contributed by atoms with Gasteiger partial charge in [0, 0.05) is 0 Å². The number of nitrogens with one attached hydrogen (secondary N) is 2. The molecule has 0 aromatic heterocycles. The summed E-state index contributed by atoms with van der Waals surface area (Å²) in [6, 6.07) is 0. The van der Waals surface area contributed by atoms with Crippen molar-refractivity contribution < 1.29 is 0 Å². The third-order valence-corrected chi connectivity index (χ3v) is 0.987. The molecule has 0 bridgehead atoms. The van der Waals surface area contributed by atoms with Crippen molar-refractivity contribution in [2.24, 2.45) is 0 Å². The Hall–Kier alpha value is -0.185. The van der Waals surface area contributed by atoms with E-state index in [1.54, 1.807) is 7.55 Å². The Morgan fingerprint density at radius 3 is 2.67 bits per heavy atom. The molecule has 3 nitrogen and oxygen atoms in total. The maximum atomic E-state index is 3.61. The molecule has 6 heteroatoms. The van der Waals surface area contributed by atoms with Crippen molar-refractivity contribution in [3.05, 3.63) is 12.7 Å². The Kier molecular flexibility index (Phi) is 2.90. The molecule has 0 unspecified atom stereocenters. The van der Waals surface area contributed by atoms with E-state index in [9.17, 15) is 0 Å². The standard InChI is InChI=1S/C3H7B3N3/c1-2-3-9-5-7-4-8-6-9/h2,7-8H,1,3H2. The van der Waals surface area contributed by atoms with Crippen molar-refractivity contribution in [1.29, 1.82) is 0 Å². The van der Waals surface area contributed by atoms with Crippen LogP contribution in [0.2, 0.25) is 0 Å². The van der Waals surface area contributed by atoms with E-state index < -0.39 is 0 Å². The van der Waals surface area contributed by atoms with Gasteiger partial charge in [-0.1, -0.05) is 6.08 Å². The molecule has 1 fully saturated rings. The Labute approximate surface area is 57.7 Å². The highest BCUT2D eigenvalue weighted by molar-refractivity contribution is 6.65. The van der Waals surface area contributed by atoms with Crippen LogP contribution in [-0.2, 0) is 0 Å². The number of rotatable bonds is 2. The van der Waals surface area contributed by atoms with Crippen LogP contribution < -0.4 is 10.3 Å². The summed E-state index contributed by atoms with van der Waals surface area (Å²) in [5, 5.41) is 5.81. The molecular weight excluding hydrogens is 110 g/mol. The zero-order valence-electron chi connectivity index (χ0n) is 5.17. The van der Waals surface area contributed by atoms with Gasteiger partial charge in [0.05, 0.1) is 0 Å². The van der Waals surface area contributed by atoms with Crippen LogP contribution >= 0.6 is 0 Å². The summed E-state index contributed by atoms with van der Waals surface area (Å²) >= 11 is 0. The van der Waals surface area contributed by atoms with Crippen molar-refractivity contribution >= 4 is 22.6 Å². The second kappa shape index (κ2) is 3.77. The molecule has 1 aliphatic heterocycles. The van der Waals surface area contributed by atoms with E-state index >= 15 is 0 Å². The highest BCUT2D eigenvalue weighted by Crippen LogP contribution is 1.79. The Morgan fingerprint density at radius 1 is 1.44 bits per heavy atom. The molecule has 43 valence electrons. The fourth-order valence-corrected chi connectivity index (χ4v) is 0.606. The van der Waals surface area contributed by atoms with Gasteiger partial charge >= 0.3 is 0 Å². The summed E-state index contributed by atoms with van der Waals surface area (Å²) in [5.74, 6) is 0. The van der Waals surface area contributed by atoms with E-state index in [2.05, 4.69) is 16.9 Å².